The Morgan fingerprint density at radius 2 is 2.20 bits per heavy atom. The highest BCUT2D eigenvalue weighted by molar-refractivity contribution is 5.80. The monoisotopic (exact) mass is 285 g/mol. The second-order valence-electron chi connectivity index (χ2n) is 5.50. The van der Waals surface area contributed by atoms with Crippen molar-refractivity contribution in [3.63, 3.8) is 0 Å². The van der Waals surface area contributed by atoms with Gasteiger partial charge in [-0.2, -0.15) is 0 Å². The quantitative estimate of drug-likeness (QED) is 0.659. The minimum atomic E-state index is -0.281. The van der Waals surface area contributed by atoms with Crippen molar-refractivity contribution in [3.8, 4) is 0 Å². The van der Waals surface area contributed by atoms with Gasteiger partial charge in [0, 0.05) is 26.2 Å². The summed E-state index contributed by atoms with van der Waals surface area (Å²) in [5, 5.41) is 12.2. The zero-order valence-corrected chi connectivity index (χ0v) is 11.9. The number of β-amino-alcohol motifs (C(OH)–C–C–N with tert-alkyl or cyclic N) is 1. The topological polar surface area (TPSA) is 82.1 Å². The predicted molar refractivity (Wildman–Crippen MR) is 72.2 cm³/mol. The smallest absolute Gasteiger partial charge is 0.409 e. The number of hydrogen-bond donors (Lipinski definition) is 2. The molecule has 0 aromatic carbocycles. The van der Waals surface area contributed by atoms with Crippen LogP contribution in [0.2, 0.25) is 0 Å². The van der Waals surface area contributed by atoms with Crippen molar-refractivity contribution < 1.29 is 19.4 Å². The van der Waals surface area contributed by atoms with Gasteiger partial charge in [-0.1, -0.05) is 13.3 Å². The summed E-state index contributed by atoms with van der Waals surface area (Å²) < 4.78 is 5.15. The number of ether oxygens (including phenoxy) is 1. The van der Waals surface area contributed by atoms with E-state index in [1.54, 1.807) is 9.80 Å². The molecular formula is C13H23N3O4. The normalized spacial score (nSPS) is 21.0. The van der Waals surface area contributed by atoms with Gasteiger partial charge in [0.25, 0.3) is 0 Å². The SMILES string of the molecule is CCCCOC(=O)N1CC2(CN(CCO)C(=O)CN2)C1. The van der Waals surface area contributed by atoms with Crippen molar-refractivity contribution in [2.24, 2.45) is 0 Å². The first-order chi connectivity index (χ1) is 9.60. The van der Waals surface area contributed by atoms with Crippen LogP contribution in [0.15, 0.2) is 0 Å². The van der Waals surface area contributed by atoms with Gasteiger partial charge in [-0.3, -0.25) is 10.1 Å². The molecule has 0 aromatic rings. The summed E-state index contributed by atoms with van der Waals surface area (Å²) in [5.41, 5.74) is -0.229. The van der Waals surface area contributed by atoms with Crippen LogP contribution in [0.25, 0.3) is 0 Å². The molecule has 0 saturated carbocycles. The second-order valence-corrected chi connectivity index (χ2v) is 5.50. The maximum atomic E-state index is 11.8. The molecular weight excluding hydrogens is 262 g/mol. The van der Waals surface area contributed by atoms with Crippen LogP contribution < -0.4 is 5.32 Å². The number of likely N-dealkylation sites (tertiary alicyclic amines) is 1. The Kier molecular flexibility index (Phi) is 4.82. The number of carbonyl (C=O) groups is 2. The molecule has 1 spiro atoms. The van der Waals surface area contributed by atoms with Crippen molar-refractivity contribution in [3.05, 3.63) is 0 Å². The van der Waals surface area contributed by atoms with Gasteiger partial charge in [0.15, 0.2) is 0 Å². The van der Waals surface area contributed by atoms with Gasteiger partial charge in [-0.15, -0.1) is 0 Å². The minimum absolute atomic E-state index is 0.00588. The summed E-state index contributed by atoms with van der Waals surface area (Å²) in [4.78, 5) is 26.7. The van der Waals surface area contributed by atoms with Crippen LogP contribution in [0.4, 0.5) is 4.79 Å². The van der Waals surface area contributed by atoms with Crippen molar-refractivity contribution >= 4 is 12.0 Å². The third-order valence-corrected chi connectivity index (χ3v) is 3.80. The van der Waals surface area contributed by atoms with Gasteiger partial charge in [0.1, 0.15) is 0 Å². The maximum absolute atomic E-state index is 11.8. The van der Waals surface area contributed by atoms with Crippen LogP contribution in [-0.4, -0.2) is 78.4 Å². The van der Waals surface area contributed by atoms with E-state index in [1.807, 2.05) is 6.92 Å². The fourth-order valence-electron chi connectivity index (χ4n) is 2.63. The molecule has 0 aliphatic carbocycles. The van der Waals surface area contributed by atoms with Gasteiger partial charge >= 0.3 is 6.09 Å². The van der Waals surface area contributed by atoms with Crippen molar-refractivity contribution in [2.75, 3.05) is 45.9 Å². The fraction of sp³-hybridized carbons (Fsp3) is 0.846. The standard InChI is InChI=1S/C13H23N3O4/c1-2-3-6-20-12(19)16-9-13(10-16)8-15(4-5-17)11(18)7-14-13/h14,17H,2-10H2,1H3. The molecule has 2 amide bonds. The molecule has 0 unspecified atom stereocenters. The Labute approximate surface area is 118 Å². The van der Waals surface area contributed by atoms with Crippen LogP contribution in [0.1, 0.15) is 19.8 Å². The number of aliphatic hydroxyl groups excluding tert-OH is 1. The van der Waals surface area contributed by atoms with E-state index in [0.29, 0.717) is 32.8 Å². The summed E-state index contributed by atoms with van der Waals surface area (Å²) in [5.74, 6) is -0.00588. The number of amides is 2. The van der Waals surface area contributed by atoms with Gasteiger partial charge in [-0.05, 0) is 6.42 Å². The number of aliphatic hydroxyl groups is 1. The van der Waals surface area contributed by atoms with Crippen LogP contribution in [0.3, 0.4) is 0 Å². The largest absolute Gasteiger partial charge is 0.449 e. The van der Waals surface area contributed by atoms with E-state index in [-0.39, 0.29) is 30.7 Å². The number of hydrogen-bond acceptors (Lipinski definition) is 5. The lowest BCUT2D eigenvalue weighted by atomic mass is 9.87. The Morgan fingerprint density at radius 1 is 1.45 bits per heavy atom. The van der Waals surface area contributed by atoms with Crippen LogP contribution in [-0.2, 0) is 9.53 Å². The summed E-state index contributed by atoms with van der Waals surface area (Å²) in [6.07, 6.45) is 1.59. The van der Waals surface area contributed by atoms with Crippen molar-refractivity contribution in [1.29, 1.82) is 0 Å². The number of nitrogens with one attached hydrogen (secondary N) is 1. The van der Waals surface area contributed by atoms with E-state index in [9.17, 15) is 9.59 Å². The predicted octanol–water partition coefficient (Wildman–Crippen LogP) is -0.598. The number of carbonyl (C=O) groups excluding carboxylic acids is 2. The average Bonchev–Trinajstić information content (AvgIpc) is 2.39. The molecule has 2 aliphatic rings. The Bertz CT molecular complexity index is 369. The third-order valence-electron chi connectivity index (χ3n) is 3.80. The molecule has 7 heteroatoms. The molecule has 0 radical (unpaired) electrons. The lowest BCUT2D eigenvalue weighted by Gasteiger charge is -2.53. The molecule has 2 saturated heterocycles. The molecule has 0 bridgehead atoms. The van der Waals surface area contributed by atoms with E-state index in [1.165, 1.54) is 0 Å². The molecule has 20 heavy (non-hydrogen) atoms. The summed E-state index contributed by atoms with van der Waals surface area (Å²) >= 11 is 0. The van der Waals surface area contributed by atoms with Gasteiger partial charge in [-0.25, -0.2) is 4.79 Å². The van der Waals surface area contributed by atoms with Crippen molar-refractivity contribution in [1.82, 2.24) is 15.1 Å². The van der Waals surface area contributed by atoms with E-state index >= 15 is 0 Å². The lowest BCUT2D eigenvalue weighted by Crippen LogP contribution is -2.77. The summed E-state index contributed by atoms with van der Waals surface area (Å²) in [7, 11) is 0. The highest BCUT2D eigenvalue weighted by Crippen LogP contribution is 2.25. The Morgan fingerprint density at radius 3 is 2.85 bits per heavy atom. The molecule has 2 N–H and O–H groups in total. The number of nitrogens with zero attached hydrogens (tertiary/aromatic N) is 2. The van der Waals surface area contributed by atoms with Gasteiger partial charge in [0.05, 0.1) is 25.3 Å². The number of unbranched alkanes of at least 4 members (excludes halogenated alkanes) is 1. The van der Waals surface area contributed by atoms with Gasteiger partial charge in [0.2, 0.25) is 5.91 Å². The molecule has 0 aromatic heterocycles. The maximum Gasteiger partial charge on any atom is 0.409 e. The van der Waals surface area contributed by atoms with Crippen LogP contribution in [0, 0.1) is 0 Å². The highest BCUT2D eigenvalue weighted by Gasteiger charge is 2.49. The number of piperazine rings is 1. The van der Waals surface area contributed by atoms with E-state index in [0.717, 1.165) is 12.8 Å². The first-order valence-electron chi connectivity index (χ1n) is 7.15. The molecule has 2 rings (SSSR count). The van der Waals surface area contributed by atoms with E-state index < -0.39 is 0 Å². The number of rotatable bonds is 5. The minimum Gasteiger partial charge on any atom is -0.449 e. The van der Waals surface area contributed by atoms with Crippen LogP contribution in [0.5, 0.6) is 0 Å². The molecule has 7 nitrogen and oxygen atoms in total. The second kappa shape index (κ2) is 6.41. The molecule has 2 aliphatic heterocycles. The zero-order chi connectivity index (χ0) is 14.6. The van der Waals surface area contributed by atoms with Crippen LogP contribution >= 0.6 is 0 Å². The zero-order valence-electron chi connectivity index (χ0n) is 11.9. The molecule has 0 atom stereocenters. The third kappa shape index (κ3) is 3.21. The van der Waals surface area contributed by atoms with E-state index in [2.05, 4.69) is 5.32 Å². The van der Waals surface area contributed by atoms with E-state index in [4.69, 9.17) is 9.84 Å². The van der Waals surface area contributed by atoms with Gasteiger partial charge < -0.3 is 19.6 Å². The fourth-order valence-corrected chi connectivity index (χ4v) is 2.63. The van der Waals surface area contributed by atoms with Crippen molar-refractivity contribution in [2.45, 2.75) is 25.3 Å². The molecule has 114 valence electrons. The first-order valence-corrected chi connectivity index (χ1v) is 7.15. The summed E-state index contributed by atoms with van der Waals surface area (Å²) in [6, 6.07) is 0. The molecule has 2 fully saturated rings. The average molecular weight is 285 g/mol. The lowest BCUT2D eigenvalue weighted by molar-refractivity contribution is -0.138. The molecule has 2 heterocycles. The summed E-state index contributed by atoms with van der Waals surface area (Å²) in [6.45, 7) is 4.71. The Hall–Kier alpha value is -1.34. The highest BCUT2D eigenvalue weighted by atomic mass is 16.6. The first kappa shape index (κ1) is 15.1. The Balaban J connectivity index is 1.79.